The maximum Gasteiger partial charge on any atom is 0.338 e. The van der Waals surface area contributed by atoms with Crippen LogP contribution in [0.25, 0.3) is 0 Å². The summed E-state index contributed by atoms with van der Waals surface area (Å²) in [6, 6.07) is 13.0. The standard InChI is InChI=1S/C24H30N4O4/c1-2-31-23(29)21-19(25-24(30)26-22(21)20-9-6-16-32-20)17-28-14-12-27(13-15-28)11-10-18-7-4-3-5-8-18/h3-9,16,22H,2,10-15,17H2,1H3,(H2,25,26,30). The first kappa shape index (κ1) is 22.1. The van der Waals surface area contributed by atoms with Crippen LogP contribution in [-0.2, 0) is 16.0 Å². The second-order valence-corrected chi connectivity index (χ2v) is 8.01. The number of nitrogens with zero attached hydrogens (tertiary/aromatic N) is 2. The number of hydrogen-bond acceptors (Lipinski definition) is 6. The third-order valence-corrected chi connectivity index (χ3v) is 5.88. The maximum atomic E-state index is 12.8. The van der Waals surface area contributed by atoms with Crippen molar-refractivity contribution in [1.82, 2.24) is 20.4 Å². The minimum atomic E-state index is -0.667. The van der Waals surface area contributed by atoms with Crippen molar-refractivity contribution in [3.63, 3.8) is 0 Å². The number of furan rings is 1. The number of hydrogen-bond donors (Lipinski definition) is 2. The zero-order chi connectivity index (χ0) is 22.3. The summed E-state index contributed by atoms with van der Waals surface area (Å²) >= 11 is 0. The topological polar surface area (TPSA) is 87.0 Å². The average Bonchev–Trinajstić information content (AvgIpc) is 3.34. The summed E-state index contributed by atoms with van der Waals surface area (Å²) in [6.45, 7) is 7.15. The molecule has 1 atom stereocenters. The Morgan fingerprint density at radius 2 is 1.84 bits per heavy atom. The average molecular weight is 439 g/mol. The van der Waals surface area contributed by atoms with E-state index >= 15 is 0 Å². The van der Waals surface area contributed by atoms with Gasteiger partial charge in [-0.25, -0.2) is 9.59 Å². The number of benzene rings is 1. The zero-order valence-corrected chi connectivity index (χ0v) is 18.4. The quantitative estimate of drug-likeness (QED) is 0.615. The zero-order valence-electron chi connectivity index (χ0n) is 18.4. The number of carbonyl (C=O) groups excluding carboxylic acids is 2. The summed E-state index contributed by atoms with van der Waals surface area (Å²) in [6.07, 6.45) is 2.56. The predicted molar refractivity (Wildman–Crippen MR) is 120 cm³/mol. The molecule has 1 saturated heterocycles. The highest BCUT2D eigenvalue weighted by Gasteiger charge is 2.36. The van der Waals surface area contributed by atoms with Gasteiger partial charge in [0.25, 0.3) is 0 Å². The SMILES string of the molecule is CCOC(=O)C1=C(CN2CCN(CCc3ccccc3)CC2)NC(=O)NC1c1ccco1. The van der Waals surface area contributed by atoms with Crippen LogP contribution in [0.15, 0.2) is 64.4 Å². The molecule has 1 aromatic heterocycles. The molecule has 32 heavy (non-hydrogen) atoms. The highest BCUT2D eigenvalue weighted by molar-refractivity contribution is 5.95. The number of nitrogens with one attached hydrogen (secondary N) is 2. The molecule has 8 nitrogen and oxygen atoms in total. The highest BCUT2D eigenvalue weighted by Crippen LogP contribution is 2.28. The lowest BCUT2D eigenvalue weighted by atomic mass is 9.99. The Morgan fingerprint density at radius 3 is 2.53 bits per heavy atom. The molecule has 0 bridgehead atoms. The monoisotopic (exact) mass is 438 g/mol. The van der Waals surface area contributed by atoms with Gasteiger partial charge in [0.05, 0.1) is 18.4 Å². The Morgan fingerprint density at radius 1 is 1.09 bits per heavy atom. The lowest BCUT2D eigenvalue weighted by Crippen LogP contribution is -2.51. The van der Waals surface area contributed by atoms with E-state index in [-0.39, 0.29) is 12.6 Å². The molecule has 4 rings (SSSR count). The van der Waals surface area contributed by atoms with Crippen molar-refractivity contribution in [2.45, 2.75) is 19.4 Å². The second kappa shape index (κ2) is 10.5. The number of ether oxygens (including phenoxy) is 1. The summed E-state index contributed by atoms with van der Waals surface area (Å²) in [4.78, 5) is 29.9. The minimum Gasteiger partial charge on any atom is -0.467 e. The Bertz CT molecular complexity index is 934. The number of carbonyl (C=O) groups is 2. The third-order valence-electron chi connectivity index (χ3n) is 5.88. The number of rotatable bonds is 8. The van der Waals surface area contributed by atoms with Gasteiger partial charge >= 0.3 is 12.0 Å². The molecular formula is C24H30N4O4. The molecule has 170 valence electrons. The van der Waals surface area contributed by atoms with Crippen LogP contribution < -0.4 is 10.6 Å². The molecule has 0 radical (unpaired) electrons. The number of amides is 2. The Hall–Kier alpha value is -3.10. The predicted octanol–water partition coefficient (Wildman–Crippen LogP) is 2.31. The van der Waals surface area contributed by atoms with Gasteiger partial charge in [0.1, 0.15) is 11.8 Å². The van der Waals surface area contributed by atoms with Crippen LogP contribution >= 0.6 is 0 Å². The van der Waals surface area contributed by atoms with Gasteiger partial charge in [-0.15, -0.1) is 0 Å². The molecule has 2 aliphatic rings. The van der Waals surface area contributed by atoms with E-state index in [1.54, 1.807) is 19.1 Å². The largest absolute Gasteiger partial charge is 0.467 e. The van der Waals surface area contributed by atoms with Crippen LogP contribution in [0.4, 0.5) is 4.79 Å². The summed E-state index contributed by atoms with van der Waals surface area (Å²) in [5.74, 6) is 0.0593. The molecule has 2 aliphatic heterocycles. The molecule has 2 N–H and O–H groups in total. The molecule has 1 unspecified atom stereocenters. The fraction of sp³-hybridized carbons (Fsp3) is 0.417. The minimum absolute atomic E-state index is 0.258. The van der Waals surface area contributed by atoms with Crippen LogP contribution in [0.5, 0.6) is 0 Å². The molecular weight excluding hydrogens is 408 g/mol. The van der Waals surface area contributed by atoms with Gasteiger partial charge in [-0.05, 0) is 31.0 Å². The van der Waals surface area contributed by atoms with E-state index in [1.807, 2.05) is 6.07 Å². The number of piperazine rings is 1. The van der Waals surface area contributed by atoms with Crippen LogP contribution in [0.3, 0.4) is 0 Å². The summed E-state index contributed by atoms with van der Waals surface area (Å²) in [5.41, 5.74) is 2.32. The smallest absolute Gasteiger partial charge is 0.338 e. The first-order chi connectivity index (χ1) is 15.6. The molecule has 3 heterocycles. The van der Waals surface area contributed by atoms with Crippen LogP contribution in [0.2, 0.25) is 0 Å². The molecule has 1 aromatic carbocycles. The maximum absolute atomic E-state index is 12.8. The van der Waals surface area contributed by atoms with E-state index in [2.05, 4.69) is 44.7 Å². The summed E-state index contributed by atoms with van der Waals surface area (Å²) in [5, 5.41) is 5.62. The van der Waals surface area contributed by atoms with Crippen molar-refractivity contribution in [3.05, 3.63) is 71.3 Å². The second-order valence-electron chi connectivity index (χ2n) is 8.01. The normalized spacial score (nSPS) is 20.0. The van der Waals surface area contributed by atoms with Crippen molar-refractivity contribution in [3.8, 4) is 0 Å². The Kier molecular flexibility index (Phi) is 7.24. The van der Waals surface area contributed by atoms with Gasteiger partial charge in [-0.3, -0.25) is 4.90 Å². The fourth-order valence-electron chi connectivity index (χ4n) is 4.19. The van der Waals surface area contributed by atoms with Crippen molar-refractivity contribution >= 4 is 12.0 Å². The van der Waals surface area contributed by atoms with E-state index in [9.17, 15) is 9.59 Å². The van der Waals surface area contributed by atoms with Crippen LogP contribution in [-0.4, -0.2) is 67.7 Å². The highest BCUT2D eigenvalue weighted by atomic mass is 16.5. The lowest BCUT2D eigenvalue weighted by molar-refractivity contribution is -0.139. The molecule has 0 spiro atoms. The van der Waals surface area contributed by atoms with E-state index in [4.69, 9.17) is 9.15 Å². The first-order valence-electron chi connectivity index (χ1n) is 11.1. The van der Waals surface area contributed by atoms with Gasteiger partial charge in [0, 0.05) is 45.0 Å². The van der Waals surface area contributed by atoms with Gasteiger partial charge in [0.15, 0.2) is 0 Å². The van der Waals surface area contributed by atoms with E-state index in [0.29, 0.717) is 23.6 Å². The lowest BCUT2D eigenvalue weighted by Gasteiger charge is -2.36. The fourth-order valence-corrected chi connectivity index (χ4v) is 4.19. The Balaban J connectivity index is 1.42. The van der Waals surface area contributed by atoms with E-state index in [0.717, 1.165) is 39.1 Å². The van der Waals surface area contributed by atoms with Crippen molar-refractivity contribution < 1.29 is 18.7 Å². The molecule has 2 aromatic rings. The van der Waals surface area contributed by atoms with Crippen molar-refractivity contribution in [1.29, 1.82) is 0 Å². The number of urea groups is 1. The molecule has 2 amide bonds. The first-order valence-corrected chi connectivity index (χ1v) is 11.1. The summed E-state index contributed by atoms with van der Waals surface area (Å²) < 4.78 is 10.8. The van der Waals surface area contributed by atoms with Crippen molar-refractivity contribution in [2.24, 2.45) is 0 Å². The van der Waals surface area contributed by atoms with Crippen molar-refractivity contribution in [2.75, 3.05) is 45.9 Å². The van der Waals surface area contributed by atoms with Gasteiger partial charge < -0.3 is 24.7 Å². The van der Waals surface area contributed by atoms with Crippen LogP contribution in [0, 0.1) is 0 Å². The molecule has 8 heteroatoms. The molecule has 0 saturated carbocycles. The van der Waals surface area contributed by atoms with Gasteiger partial charge in [-0.2, -0.15) is 0 Å². The third kappa shape index (κ3) is 5.38. The van der Waals surface area contributed by atoms with Gasteiger partial charge in [0.2, 0.25) is 0 Å². The van der Waals surface area contributed by atoms with E-state index in [1.165, 1.54) is 11.8 Å². The van der Waals surface area contributed by atoms with E-state index < -0.39 is 12.0 Å². The molecule has 1 fully saturated rings. The van der Waals surface area contributed by atoms with Gasteiger partial charge in [-0.1, -0.05) is 30.3 Å². The molecule has 0 aliphatic carbocycles. The summed E-state index contributed by atoms with van der Waals surface area (Å²) in [7, 11) is 0. The number of esters is 1. The Labute approximate surface area is 188 Å². The van der Waals surface area contributed by atoms with Crippen LogP contribution in [0.1, 0.15) is 24.3 Å².